The van der Waals surface area contributed by atoms with Gasteiger partial charge >= 0.3 is 0 Å². The summed E-state index contributed by atoms with van der Waals surface area (Å²) in [5.41, 5.74) is 2.41. The predicted octanol–water partition coefficient (Wildman–Crippen LogP) is 4.16. The first kappa shape index (κ1) is 13.8. The van der Waals surface area contributed by atoms with Gasteiger partial charge in [-0.15, -0.1) is 0 Å². The quantitative estimate of drug-likeness (QED) is 0.618. The molecule has 0 radical (unpaired) electrons. The highest BCUT2D eigenvalue weighted by Crippen LogP contribution is 2.35. The number of nitro groups is 1. The molecule has 3 rings (SSSR count). The van der Waals surface area contributed by atoms with Crippen LogP contribution in [0.1, 0.15) is 33.8 Å². The summed E-state index contributed by atoms with van der Waals surface area (Å²) in [5.74, 6) is -0.222. The Morgan fingerprint density at radius 3 is 2.67 bits per heavy atom. The van der Waals surface area contributed by atoms with E-state index < -0.39 is 4.92 Å². The lowest BCUT2D eigenvalue weighted by molar-refractivity contribution is -0.384. The van der Waals surface area contributed by atoms with E-state index in [0.29, 0.717) is 6.42 Å². The second kappa shape index (κ2) is 5.30. The average molecular weight is 302 g/mol. The number of carbonyl (C=O) groups excluding carboxylic acids is 1. The predicted molar refractivity (Wildman–Crippen MR) is 79.9 cm³/mol. The normalized spacial score (nSPS) is 17.4. The fourth-order valence-corrected chi connectivity index (χ4v) is 3.06. The zero-order valence-corrected chi connectivity index (χ0v) is 11.8. The van der Waals surface area contributed by atoms with Crippen LogP contribution >= 0.6 is 11.6 Å². The Balaban J connectivity index is 1.97. The van der Waals surface area contributed by atoms with Gasteiger partial charge in [-0.2, -0.15) is 0 Å². The van der Waals surface area contributed by atoms with Crippen molar-refractivity contribution in [3.05, 3.63) is 74.3 Å². The molecule has 0 N–H and O–H groups in total. The Hall–Kier alpha value is -2.20. The summed E-state index contributed by atoms with van der Waals surface area (Å²) in [6, 6.07) is 12.1. The van der Waals surface area contributed by atoms with Crippen molar-refractivity contribution in [1.29, 1.82) is 0 Å². The molecule has 0 bridgehead atoms. The third kappa shape index (κ3) is 2.43. The van der Waals surface area contributed by atoms with Crippen LogP contribution < -0.4 is 0 Å². The Morgan fingerprint density at radius 2 is 1.95 bits per heavy atom. The minimum absolute atomic E-state index is 0.0572. The van der Waals surface area contributed by atoms with Gasteiger partial charge in [0.15, 0.2) is 5.78 Å². The summed E-state index contributed by atoms with van der Waals surface area (Å²) in [5, 5.41) is 10.9. The molecule has 106 valence electrons. The number of hydrogen-bond acceptors (Lipinski definition) is 3. The molecule has 5 heteroatoms. The van der Waals surface area contributed by atoms with E-state index in [-0.39, 0.29) is 22.4 Å². The van der Waals surface area contributed by atoms with Gasteiger partial charge in [0.2, 0.25) is 0 Å². The smallest absolute Gasteiger partial charge is 0.287 e. The zero-order valence-electron chi connectivity index (χ0n) is 11.1. The molecule has 0 aromatic heterocycles. The maximum absolute atomic E-state index is 12.6. The molecule has 0 saturated carbocycles. The van der Waals surface area contributed by atoms with Gasteiger partial charge in [-0.1, -0.05) is 41.9 Å². The number of nitrogens with zero attached hydrogens (tertiary/aromatic N) is 1. The van der Waals surface area contributed by atoms with E-state index in [9.17, 15) is 14.9 Å². The summed E-state index contributed by atoms with van der Waals surface area (Å²) < 4.78 is 0. The number of benzene rings is 2. The number of hydrogen-bond donors (Lipinski definition) is 0. The topological polar surface area (TPSA) is 60.2 Å². The number of Topliss-reactive ketones (excluding diaryl/α,β-unsaturated/α-hetero) is 1. The van der Waals surface area contributed by atoms with Gasteiger partial charge in [0.1, 0.15) is 5.02 Å². The Morgan fingerprint density at radius 1 is 1.19 bits per heavy atom. The largest absolute Gasteiger partial charge is 0.293 e. The third-order valence-corrected chi connectivity index (χ3v) is 4.18. The highest BCUT2D eigenvalue weighted by molar-refractivity contribution is 6.32. The van der Waals surface area contributed by atoms with Crippen LogP contribution in [0.25, 0.3) is 0 Å². The highest BCUT2D eigenvalue weighted by Gasteiger charge is 2.29. The van der Waals surface area contributed by atoms with Crippen molar-refractivity contribution in [2.75, 3.05) is 0 Å². The summed E-state index contributed by atoms with van der Waals surface area (Å²) in [6.07, 6.45) is 1.52. The number of nitro benzene ring substituents is 1. The van der Waals surface area contributed by atoms with Gasteiger partial charge in [-0.3, -0.25) is 14.9 Å². The monoisotopic (exact) mass is 301 g/mol. The van der Waals surface area contributed by atoms with E-state index in [0.717, 1.165) is 23.1 Å². The minimum Gasteiger partial charge on any atom is -0.293 e. The van der Waals surface area contributed by atoms with E-state index in [2.05, 4.69) is 0 Å². The van der Waals surface area contributed by atoms with Crippen molar-refractivity contribution < 1.29 is 9.72 Å². The van der Waals surface area contributed by atoms with Crippen LogP contribution in [0.2, 0.25) is 5.02 Å². The van der Waals surface area contributed by atoms with Crippen molar-refractivity contribution >= 4 is 23.1 Å². The molecule has 0 amide bonds. The first-order valence-corrected chi connectivity index (χ1v) is 7.01. The third-order valence-electron chi connectivity index (χ3n) is 3.87. The Kier molecular flexibility index (Phi) is 3.47. The summed E-state index contributed by atoms with van der Waals surface area (Å²) in [6.45, 7) is 0. The molecule has 0 spiro atoms. The number of rotatable bonds is 2. The van der Waals surface area contributed by atoms with Crippen LogP contribution in [0.5, 0.6) is 0 Å². The van der Waals surface area contributed by atoms with Gasteiger partial charge in [-0.25, -0.2) is 0 Å². The van der Waals surface area contributed by atoms with Crippen LogP contribution in [-0.4, -0.2) is 10.7 Å². The van der Waals surface area contributed by atoms with E-state index in [1.165, 1.54) is 12.1 Å². The summed E-state index contributed by atoms with van der Waals surface area (Å²) >= 11 is 5.94. The number of halogens is 1. The summed E-state index contributed by atoms with van der Waals surface area (Å²) in [7, 11) is 0. The highest BCUT2D eigenvalue weighted by atomic mass is 35.5. The van der Waals surface area contributed by atoms with E-state index in [4.69, 9.17) is 11.6 Å². The zero-order chi connectivity index (χ0) is 15.0. The number of carbonyl (C=O) groups is 1. The van der Waals surface area contributed by atoms with Crippen LogP contribution in [0, 0.1) is 10.1 Å². The van der Waals surface area contributed by atoms with Gasteiger partial charge in [0.25, 0.3) is 5.69 Å². The maximum Gasteiger partial charge on any atom is 0.287 e. The Bertz CT molecular complexity index is 742. The van der Waals surface area contributed by atoms with Crippen LogP contribution in [0.3, 0.4) is 0 Å². The van der Waals surface area contributed by atoms with Gasteiger partial charge in [-0.05, 0) is 30.0 Å². The fourth-order valence-electron chi connectivity index (χ4n) is 2.80. The van der Waals surface area contributed by atoms with Crippen molar-refractivity contribution in [3.63, 3.8) is 0 Å². The lowest BCUT2D eigenvalue weighted by atomic mass is 9.79. The molecule has 4 nitrogen and oxygen atoms in total. The van der Waals surface area contributed by atoms with Gasteiger partial charge < -0.3 is 0 Å². The Labute approximate surface area is 126 Å². The second-order valence-corrected chi connectivity index (χ2v) is 5.49. The number of ketones is 1. The van der Waals surface area contributed by atoms with Crippen LogP contribution in [0.15, 0.2) is 42.5 Å². The summed E-state index contributed by atoms with van der Waals surface area (Å²) in [4.78, 5) is 22.8. The number of fused-ring (bicyclic) bond motifs is 1. The molecule has 0 unspecified atom stereocenters. The van der Waals surface area contributed by atoms with E-state index >= 15 is 0 Å². The molecule has 0 fully saturated rings. The van der Waals surface area contributed by atoms with Crippen LogP contribution in [0.4, 0.5) is 5.69 Å². The lowest BCUT2D eigenvalue weighted by Gasteiger charge is -2.23. The molecular weight excluding hydrogens is 290 g/mol. The lowest BCUT2D eigenvalue weighted by Crippen LogP contribution is -2.20. The number of aryl methyl sites for hydroxylation is 1. The SMILES string of the molecule is O=C1c2ccccc2CC[C@@H]1c1ccc([N+](=O)[O-])c(Cl)c1. The van der Waals surface area contributed by atoms with Crippen molar-refractivity contribution in [1.82, 2.24) is 0 Å². The van der Waals surface area contributed by atoms with Gasteiger partial charge in [0.05, 0.1) is 4.92 Å². The molecule has 0 heterocycles. The molecule has 1 aliphatic carbocycles. The molecular formula is C16H12ClNO3. The standard InChI is InChI=1S/C16H12ClNO3/c17-14-9-11(6-8-15(14)18(20)21)13-7-5-10-3-1-2-4-12(10)16(13)19/h1-4,6,8-9,13H,5,7H2/t13-/m1/s1. The van der Waals surface area contributed by atoms with Crippen molar-refractivity contribution in [3.8, 4) is 0 Å². The van der Waals surface area contributed by atoms with Crippen LogP contribution in [-0.2, 0) is 6.42 Å². The molecule has 0 saturated heterocycles. The van der Waals surface area contributed by atoms with Crippen molar-refractivity contribution in [2.45, 2.75) is 18.8 Å². The van der Waals surface area contributed by atoms with Gasteiger partial charge in [0, 0.05) is 17.5 Å². The molecule has 21 heavy (non-hydrogen) atoms. The minimum atomic E-state index is -0.524. The second-order valence-electron chi connectivity index (χ2n) is 5.08. The molecule has 1 atom stereocenters. The van der Waals surface area contributed by atoms with E-state index in [1.807, 2.05) is 24.3 Å². The average Bonchev–Trinajstić information content (AvgIpc) is 2.47. The maximum atomic E-state index is 12.6. The first-order chi connectivity index (χ1) is 10.1. The molecule has 2 aromatic carbocycles. The van der Waals surface area contributed by atoms with E-state index in [1.54, 1.807) is 6.07 Å². The van der Waals surface area contributed by atoms with Crippen molar-refractivity contribution in [2.24, 2.45) is 0 Å². The first-order valence-electron chi connectivity index (χ1n) is 6.64. The molecule has 0 aliphatic heterocycles. The molecule has 1 aliphatic rings. The fraction of sp³-hybridized carbons (Fsp3) is 0.188. The molecule has 2 aromatic rings.